The third-order valence-electron chi connectivity index (χ3n) is 1.39. The van der Waals surface area contributed by atoms with Gasteiger partial charge in [0.25, 0.3) is 0 Å². The zero-order chi connectivity index (χ0) is 11.6. The van der Waals surface area contributed by atoms with Crippen molar-refractivity contribution in [3.8, 4) is 11.9 Å². The number of hydrogen-bond acceptors (Lipinski definition) is 3. The number of nitriles is 1. The third-order valence-corrected chi connectivity index (χ3v) is 2.15. The van der Waals surface area contributed by atoms with Gasteiger partial charge in [0.1, 0.15) is 6.07 Å². The van der Waals surface area contributed by atoms with Gasteiger partial charge in [0.05, 0.1) is 10.0 Å². The van der Waals surface area contributed by atoms with Crippen LogP contribution in [0.2, 0.25) is 0 Å². The van der Waals surface area contributed by atoms with Crippen molar-refractivity contribution in [3.63, 3.8) is 0 Å². The first-order valence-corrected chi connectivity index (χ1v) is 4.46. The van der Waals surface area contributed by atoms with E-state index < -0.39 is 12.2 Å². The molecule has 0 unspecified atom stereocenters. The molecule has 0 saturated heterocycles. The van der Waals surface area contributed by atoms with Gasteiger partial charge in [-0.1, -0.05) is 0 Å². The summed E-state index contributed by atoms with van der Waals surface area (Å²) in [7, 11) is 0. The van der Waals surface area contributed by atoms with Crippen molar-refractivity contribution in [2.24, 2.45) is 0 Å². The van der Waals surface area contributed by atoms with Crippen LogP contribution in [0.3, 0.4) is 0 Å². The van der Waals surface area contributed by atoms with Gasteiger partial charge in [-0.2, -0.15) is 5.26 Å². The Labute approximate surface area is 91.6 Å². The lowest BCUT2D eigenvalue weighted by atomic mass is 10.2. The second kappa shape index (κ2) is 4.06. The van der Waals surface area contributed by atoms with Crippen molar-refractivity contribution in [1.29, 1.82) is 5.26 Å². The molecule has 0 aromatic carbocycles. The molecule has 1 aromatic rings. The molecule has 1 aromatic heterocycles. The maximum Gasteiger partial charge on any atom is 0.574 e. The number of nitrogens with zero attached hydrogens (tertiary/aromatic N) is 2. The molecule has 0 aliphatic heterocycles. The number of aromatic nitrogens is 1. The molecule has 0 saturated carbocycles. The summed E-state index contributed by atoms with van der Waals surface area (Å²) >= 11 is 2.82. The molecular formula is C8H4BrF3N2O. The van der Waals surface area contributed by atoms with E-state index in [0.29, 0.717) is 0 Å². The summed E-state index contributed by atoms with van der Waals surface area (Å²) in [5.41, 5.74) is 0.316. The van der Waals surface area contributed by atoms with E-state index in [4.69, 9.17) is 5.26 Å². The molecule has 0 fully saturated rings. The van der Waals surface area contributed by atoms with Crippen LogP contribution < -0.4 is 4.74 Å². The van der Waals surface area contributed by atoms with Crippen molar-refractivity contribution < 1.29 is 17.9 Å². The molecule has 0 aliphatic rings. The van der Waals surface area contributed by atoms with E-state index in [1.807, 2.05) is 0 Å². The summed E-state index contributed by atoms with van der Waals surface area (Å²) in [5, 5.41) is 8.62. The minimum absolute atomic E-state index is 0.0433. The van der Waals surface area contributed by atoms with E-state index >= 15 is 0 Å². The summed E-state index contributed by atoms with van der Waals surface area (Å²) < 4.78 is 39.3. The smallest absolute Gasteiger partial charge is 0.387 e. The fraction of sp³-hybridized carbons (Fsp3) is 0.250. The summed E-state index contributed by atoms with van der Waals surface area (Å²) in [6.07, 6.45) is -4.82. The zero-order valence-corrected chi connectivity index (χ0v) is 8.98. The standard InChI is InChI=1S/C8H4BrF3N2O/c1-4-2-5(3-13)6(9)7(14-4)15-8(10,11)12/h2H,1H3. The van der Waals surface area contributed by atoms with Crippen molar-refractivity contribution in [3.05, 3.63) is 21.8 Å². The van der Waals surface area contributed by atoms with E-state index in [-0.39, 0.29) is 15.7 Å². The van der Waals surface area contributed by atoms with Crippen molar-refractivity contribution in [2.45, 2.75) is 13.3 Å². The Morgan fingerprint density at radius 3 is 2.60 bits per heavy atom. The van der Waals surface area contributed by atoms with Crippen molar-refractivity contribution in [2.75, 3.05) is 0 Å². The highest BCUT2D eigenvalue weighted by Gasteiger charge is 2.33. The second-order valence-electron chi connectivity index (χ2n) is 2.59. The Kier molecular flexibility index (Phi) is 3.19. The molecule has 0 spiro atoms. The van der Waals surface area contributed by atoms with E-state index in [2.05, 4.69) is 25.7 Å². The van der Waals surface area contributed by atoms with E-state index in [0.717, 1.165) is 0 Å². The van der Waals surface area contributed by atoms with E-state index in [1.54, 1.807) is 6.07 Å². The van der Waals surface area contributed by atoms with Crippen LogP contribution in [0.15, 0.2) is 10.5 Å². The number of ether oxygens (including phenoxy) is 1. The average molecular weight is 281 g/mol. The minimum Gasteiger partial charge on any atom is -0.387 e. The van der Waals surface area contributed by atoms with Crippen LogP contribution in [0.4, 0.5) is 13.2 Å². The van der Waals surface area contributed by atoms with Gasteiger partial charge in [0.15, 0.2) is 0 Å². The number of pyridine rings is 1. The van der Waals surface area contributed by atoms with Crippen LogP contribution in [-0.4, -0.2) is 11.3 Å². The number of aryl methyl sites for hydroxylation is 1. The first-order chi connectivity index (χ1) is 6.83. The highest BCUT2D eigenvalue weighted by atomic mass is 79.9. The van der Waals surface area contributed by atoms with Crippen LogP contribution in [0, 0.1) is 18.3 Å². The average Bonchev–Trinajstić information content (AvgIpc) is 2.08. The summed E-state index contributed by atoms with van der Waals surface area (Å²) in [5.74, 6) is -0.654. The van der Waals surface area contributed by atoms with Crippen molar-refractivity contribution >= 4 is 15.9 Å². The van der Waals surface area contributed by atoms with Gasteiger partial charge >= 0.3 is 6.36 Å². The van der Waals surface area contributed by atoms with Gasteiger partial charge in [-0.15, -0.1) is 13.2 Å². The highest BCUT2D eigenvalue weighted by molar-refractivity contribution is 9.10. The fourth-order valence-corrected chi connectivity index (χ4v) is 1.26. The second-order valence-corrected chi connectivity index (χ2v) is 3.38. The lowest BCUT2D eigenvalue weighted by Gasteiger charge is -2.10. The Balaban J connectivity index is 3.20. The molecule has 7 heteroatoms. The molecule has 0 N–H and O–H groups in total. The molecule has 3 nitrogen and oxygen atoms in total. The number of alkyl halides is 3. The Hall–Kier alpha value is -1.29. The number of rotatable bonds is 1. The van der Waals surface area contributed by atoms with E-state index in [1.165, 1.54) is 13.0 Å². The molecule has 1 rings (SSSR count). The summed E-state index contributed by atoms with van der Waals surface area (Å²) in [6.45, 7) is 1.47. The third kappa shape index (κ3) is 3.09. The fourth-order valence-electron chi connectivity index (χ4n) is 0.888. The normalized spacial score (nSPS) is 10.9. The van der Waals surface area contributed by atoms with Crippen LogP contribution in [-0.2, 0) is 0 Å². The number of halogens is 4. The van der Waals surface area contributed by atoms with Crippen LogP contribution in [0.1, 0.15) is 11.3 Å². The van der Waals surface area contributed by atoms with Crippen molar-refractivity contribution in [1.82, 2.24) is 4.98 Å². The van der Waals surface area contributed by atoms with Crippen LogP contribution in [0.5, 0.6) is 5.88 Å². The quantitative estimate of drug-likeness (QED) is 0.795. The molecular weight excluding hydrogens is 277 g/mol. The largest absolute Gasteiger partial charge is 0.574 e. The molecule has 0 aliphatic carbocycles. The molecule has 80 valence electrons. The zero-order valence-electron chi connectivity index (χ0n) is 7.39. The monoisotopic (exact) mass is 280 g/mol. The van der Waals surface area contributed by atoms with Gasteiger partial charge in [0.2, 0.25) is 5.88 Å². The van der Waals surface area contributed by atoms with Gasteiger partial charge in [0, 0.05) is 5.69 Å². The summed E-state index contributed by atoms with van der Waals surface area (Å²) in [6, 6.07) is 3.08. The first-order valence-electron chi connectivity index (χ1n) is 3.66. The Morgan fingerprint density at radius 2 is 2.13 bits per heavy atom. The SMILES string of the molecule is Cc1cc(C#N)c(Br)c(OC(F)(F)F)n1. The van der Waals surface area contributed by atoms with Gasteiger partial charge in [-0.3, -0.25) is 0 Å². The minimum atomic E-state index is -4.82. The van der Waals surface area contributed by atoms with Gasteiger partial charge in [-0.05, 0) is 28.9 Å². The van der Waals surface area contributed by atoms with Crippen LogP contribution in [0.25, 0.3) is 0 Å². The topological polar surface area (TPSA) is 45.9 Å². The summed E-state index contributed by atoms with van der Waals surface area (Å²) in [4.78, 5) is 3.53. The maximum absolute atomic E-state index is 11.9. The van der Waals surface area contributed by atoms with Gasteiger partial charge in [-0.25, -0.2) is 4.98 Å². The molecule has 1 heterocycles. The lowest BCUT2D eigenvalue weighted by molar-refractivity contribution is -0.276. The maximum atomic E-state index is 11.9. The molecule has 0 atom stereocenters. The molecule has 0 amide bonds. The van der Waals surface area contributed by atoms with Gasteiger partial charge < -0.3 is 4.74 Å². The predicted octanol–water partition coefficient (Wildman–Crippen LogP) is 2.92. The predicted molar refractivity (Wildman–Crippen MR) is 48.1 cm³/mol. The Morgan fingerprint density at radius 1 is 1.53 bits per heavy atom. The lowest BCUT2D eigenvalue weighted by Crippen LogP contribution is -2.18. The first kappa shape index (κ1) is 11.8. The highest BCUT2D eigenvalue weighted by Crippen LogP contribution is 2.31. The number of hydrogen-bond donors (Lipinski definition) is 0. The molecule has 15 heavy (non-hydrogen) atoms. The molecule has 0 bridgehead atoms. The van der Waals surface area contributed by atoms with Crippen LogP contribution >= 0.6 is 15.9 Å². The van der Waals surface area contributed by atoms with E-state index in [9.17, 15) is 13.2 Å². The molecule has 0 radical (unpaired) electrons. The Bertz CT molecular complexity index is 425.